The van der Waals surface area contributed by atoms with E-state index in [2.05, 4.69) is 15.6 Å². The maximum Gasteiger partial charge on any atom is 0.233 e. The van der Waals surface area contributed by atoms with Gasteiger partial charge in [0.15, 0.2) is 0 Å². The number of nitrogens with zero attached hydrogens (tertiary/aromatic N) is 1. The third-order valence-corrected chi connectivity index (χ3v) is 4.49. The van der Waals surface area contributed by atoms with Crippen molar-refractivity contribution in [1.29, 1.82) is 0 Å². The van der Waals surface area contributed by atoms with E-state index in [9.17, 15) is 9.18 Å². The number of aromatic nitrogens is 1. The van der Waals surface area contributed by atoms with Crippen molar-refractivity contribution in [3.05, 3.63) is 48.4 Å². The molecule has 2 aromatic rings. The van der Waals surface area contributed by atoms with E-state index >= 15 is 0 Å². The minimum absolute atomic E-state index is 0. The van der Waals surface area contributed by atoms with Crippen LogP contribution in [-0.2, 0) is 9.53 Å². The van der Waals surface area contributed by atoms with E-state index in [-0.39, 0.29) is 36.5 Å². The van der Waals surface area contributed by atoms with Crippen LogP contribution in [0.4, 0.5) is 10.1 Å². The summed E-state index contributed by atoms with van der Waals surface area (Å²) in [5.74, 6) is 0.466. The fraction of sp³-hybridized carbons (Fsp3) is 0.368. The molecule has 0 spiro atoms. The van der Waals surface area contributed by atoms with Crippen molar-refractivity contribution in [3.8, 4) is 11.6 Å². The summed E-state index contributed by atoms with van der Waals surface area (Å²) in [5, 5.41) is 6.18. The maximum absolute atomic E-state index is 12.9. The fourth-order valence-electron chi connectivity index (χ4n) is 3.02. The number of pyridine rings is 1. The van der Waals surface area contributed by atoms with Crippen LogP contribution >= 0.6 is 24.8 Å². The van der Waals surface area contributed by atoms with Gasteiger partial charge in [-0.15, -0.1) is 24.8 Å². The Bertz CT molecular complexity index is 734. The topological polar surface area (TPSA) is 72.5 Å². The number of halogens is 3. The summed E-state index contributed by atoms with van der Waals surface area (Å²) in [4.78, 5) is 17.0. The SMILES string of the molecule is COCC1(C(=O)Nc2ccc(Oc3ccc(F)cc3)nc2)CCNCC1.Cl.Cl. The molecule has 0 aliphatic carbocycles. The molecule has 2 heterocycles. The van der Waals surface area contributed by atoms with Gasteiger partial charge in [0.1, 0.15) is 11.6 Å². The highest BCUT2D eigenvalue weighted by molar-refractivity contribution is 5.95. The van der Waals surface area contributed by atoms with Crippen LogP contribution in [0.2, 0.25) is 0 Å². The molecule has 1 aromatic carbocycles. The Hall–Kier alpha value is -1.93. The van der Waals surface area contributed by atoms with Crippen LogP contribution in [0, 0.1) is 11.2 Å². The number of carbonyl (C=O) groups is 1. The van der Waals surface area contributed by atoms with Gasteiger partial charge in [-0.25, -0.2) is 9.37 Å². The number of carbonyl (C=O) groups excluding carboxylic acids is 1. The molecule has 0 unspecified atom stereocenters. The Morgan fingerprint density at radius 3 is 2.43 bits per heavy atom. The van der Waals surface area contributed by atoms with Crippen LogP contribution in [0.5, 0.6) is 11.6 Å². The number of methoxy groups -OCH3 is 1. The van der Waals surface area contributed by atoms with E-state index in [1.54, 1.807) is 25.4 Å². The number of ether oxygens (including phenoxy) is 2. The van der Waals surface area contributed by atoms with Gasteiger partial charge in [-0.1, -0.05) is 0 Å². The van der Waals surface area contributed by atoms with Gasteiger partial charge in [0.05, 0.1) is 23.9 Å². The zero-order chi connectivity index (χ0) is 18.4. The Labute approximate surface area is 176 Å². The van der Waals surface area contributed by atoms with Crippen LogP contribution in [0.1, 0.15) is 12.8 Å². The highest BCUT2D eigenvalue weighted by Crippen LogP contribution is 2.31. The van der Waals surface area contributed by atoms with Crippen LogP contribution in [-0.4, -0.2) is 37.7 Å². The first-order chi connectivity index (χ1) is 12.6. The van der Waals surface area contributed by atoms with Gasteiger partial charge in [-0.2, -0.15) is 0 Å². The molecule has 1 fully saturated rings. The number of benzene rings is 1. The van der Waals surface area contributed by atoms with Gasteiger partial charge in [0, 0.05) is 13.2 Å². The molecule has 1 aromatic heterocycles. The summed E-state index contributed by atoms with van der Waals surface area (Å²) in [6, 6.07) is 9.07. The number of rotatable bonds is 6. The molecule has 28 heavy (non-hydrogen) atoms. The lowest BCUT2D eigenvalue weighted by atomic mass is 9.78. The number of amides is 1. The second-order valence-electron chi connectivity index (χ2n) is 6.36. The summed E-state index contributed by atoms with van der Waals surface area (Å²) in [6.45, 7) is 1.97. The highest BCUT2D eigenvalue weighted by Gasteiger charge is 2.39. The molecule has 2 N–H and O–H groups in total. The summed E-state index contributed by atoms with van der Waals surface area (Å²) >= 11 is 0. The largest absolute Gasteiger partial charge is 0.439 e. The van der Waals surface area contributed by atoms with Gasteiger partial charge in [-0.05, 0) is 56.3 Å². The number of nitrogens with one attached hydrogen (secondary N) is 2. The third kappa shape index (κ3) is 6.04. The van der Waals surface area contributed by atoms with Gasteiger partial charge >= 0.3 is 0 Å². The fourth-order valence-corrected chi connectivity index (χ4v) is 3.02. The Morgan fingerprint density at radius 1 is 1.18 bits per heavy atom. The lowest BCUT2D eigenvalue weighted by Gasteiger charge is -2.35. The molecular weight excluding hydrogens is 408 g/mol. The zero-order valence-electron chi connectivity index (χ0n) is 15.4. The molecule has 1 aliphatic heterocycles. The summed E-state index contributed by atoms with van der Waals surface area (Å²) in [5.41, 5.74) is 0.0685. The van der Waals surface area contributed by atoms with Crippen molar-refractivity contribution < 1.29 is 18.7 Å². The summed E-state index contributed by atoms with van der Waals surface area (Å²) < 4.78 is 23.8. The van der Waals surface area contributed by atoms with Gasteiger partial charge in [0.25, 0.3) is 0 Å². The lowest BCUT2D eigenvalue weighted by molar-refractivity contribution is -0.130. The van der Waals surface area contributed by atoms with Crippen molar-refractivity contribution in [2.24, 2.45) is 5.41 Å². The normalized spacial score (nSPS) is 14.9. The molecule has 1 aliphatic rings. The van der Waals surface area contributed by atoms with Crippen molar-refractivity contribution >= 4 is 36.4 Å². The molecule has 1 amide bonds. The molecule has 0 atom stereocenters. The number of anilines is 1. The van der Waals surface area contributed by atoms with Gasteiger partial charge in [0.2, 0.25) is 11.8 Å². The predicted molar refractivity (Wildman–Crippen MR) is 110 cm³/mol. The van der Waals surface area contributed by atoms with Crippen LogP contribution in [0.15, 0.2) is 42.6 Å². The smallest absolute Gasteiger partial charge is 0.233 e. The summed E-state index contributed by atoms with van der Waals surface area (Å²) in [6.07, 6.45) is 3.00. The number of hydrogen-bond donors (Lipinski definition) is 2. The molecule has 3 rings (SSSR count). The first-order valence-corrected chi connectivity index (χ1v) is 8.52. The third-order valence-electron chi connectivity index (χ3n) is 4.49. The van der Waals surface area contributed by atoms with E-state index in [0.717, 1.165) is 25.9 Å². The van der Waals surface area contributed by atoms with E-state index in [0.29, 0.717) is 23.9 Å². The van der Waals surface area contributed by atoms with Crippen LogP contribution < -0.4 is 15.4 Å². The average Bonchev–Trinajstić information content (AvgIpc) is 2.66. The molecular formula is C19H24Cl2FN3O3. The average molecular weight is 432 g/mol. The Morgan fingerprint density at radius 2 is 1.86 bits per heavy atom. The number of piperidine rings is 1. The molecule has 0 radical (unpaired) electrons. The Kier molecular flexibility index (Phi) is 9.61. The zero-order valence-corrected chi connectivity index (χ0v) is 17.1. The van der Waals surface area contributed by atoms with Crippen molar-refractivity contribution in [1.82, 2.24) is 10.3 Å². The van der Waals surface area contributed by atoms with E-state index < -0.39 is 5.41 Å². The first-order valence-electron chi connectivity index (χ1n) is 8.52. The van der Waals surface area contributed by atoms with Crippen molar-refractivity contribution in [2.75, 3.05) is 32.1 Å². The van der Waals surface area contributed by atoms with E-state index in [1.165, 1.54) is 24.3 Å². The molecule has 154 valence electrons. The predicted octanol–water partition coefficient (Wildman–Crippen LogP) is 3.81. The standard InChI is InChI=1S/C19H22FN3O3.2ClH/c1-25-13-19(8-10-21-11-9-19)18(24)23-15-4-7-17(22-12-15)26-16-5-2-14(20)3-6-16;;/h2-7,12,21H,8-11,13H2,1H3,(H,23,24);2*1H. The number of hydrogen-bond acceptors (Lipinski definition) is 5. The monoisotopic (exact) mass is 431 g/mol. The lowest BCUT2D eigenvalue weighted by Crippen LogP contribution is -2.47. The molecule has 0 bridgehead atoms. The van der Waals surface area contributed by atoms with Gasteiger partial charge < -0.3 is 20.1 Å². The minimum atomic E-state index is -0.525. The second kappa shape index (κ2) is 11.2. The Balaban J connectivity index is 0.00000196. The summed E-state index contributed by atoms with van der Waals surface area (Å²) in [7, 11) is 1.61. The van der Waals surface area contributed by atoms with Crippen molar-refractivity contribution in [2.45, 2.75) is 12.8 Å². The van der Waals surface area contributed by atoms with E-state index in [1.807, 2.05) is 0 Å². The molecule has 1 saturated heterocycles. The minimum Gasteiger partial charge on any atom is -0.439 e. The van der Waals surface area contributed by atoms with Crippen LogP contribution in [0.25, 0.3) is 0 Å². The first kappa shape index (κ1) is 24.1. The van der Waals surface area contributed by atoms with E-state index in [4.69, 9.17) is 9.47 Å². The molecule has 9 heteroatoms. The molecule has 6 nitrogen and oxygen atoms in total. The second-order valence-corrected chi connectivity index (χ2v) is 6.36. The molecule has 0 saturated carbocycles. The highest BCUT2D eigenvalue weighted by atomic mass is 35.5. The van der Waals surface area contributed by atoms with Crippen molar-refractivity contribution in [3.63, 3.8) is 0 Å². The maximum atomic E-state index is 12.9. The quantitative estimate of drug-likeness (QED) is 0.727. The van der Waals surface area contributed by atoms with Crippen LogP contribution in [0.3, 0.4) is 0 Å². The van der Waals surface area contributed by atoms with Gasteiger partial charge in [-0.3, -0.25) is 4.79 Å².